The number of nitrogens with zero attached hydrogens (tertiary/aromatic N) is 1. The Morgan fingerprint density at radius 1 is 1.80 bits per heavy atom. The molecule has 1 aromatic heterocycles. The highest BCUT2D eigenvalue weighted by atomic mass is 35.5. The van der Waals surface area contributed by atoms with Gasteiger partial charge in [0, 0.05) is 6.92 Å². The van der Waals surface area contributed by atoms with Crippen molar-refractivity contribution >= 4 is 34.5 Å². The Morgan fingerprint density at radius 2 is 2.40 bits per heavy atom. The molecule has 2 N–H and O–H groups in total. The van der Waals surface area contributed by atoms with E-state index in [0.717, 1.165) is 11.3 Å². The molecule has 0 amide bonds. The Bertz CT molecular complexity index is 271. The van der Waals surface area contributed by atoms with E-state index in [1.165, 1.54) is 6.92 Å². The van der Waals surface area contributed by atoms with Crippen molar-refractivity contribution in [1.82, 2.24) is 4.98 Å². The number of carbonyl (C=O) groups excluding carboxylic acids is 1. The first-order chi connectivity index (χ1) is 4.61. The molecule has 0 saturated heterocycles. The van der Waals surface area contributed by atoms with Gasteiger partial charge in [0.05, 0.1) is 0 Å². The second-order valence-electron chi connectivity index (χ2n) is 1.74. The molecular formula is C5H5ClN2OS. The smallest absolute Gasteiger partial charge is 0.186 e. The second-order valence-corrected chi connectivity index (χ2v) is 3.32. The minimum absolute atomic E-state index is 0.0955. The van der Waals surface area contributed by atoms with E-state index >= 15 is 0 Å². The van der Waals surface area contributed by atoms with Crippen LogP contribution in [0.5, 0.6) is 0 Å². The van der Waals surface area contributed by atoms with Gasteiger partial charge in [-0.3, -0.25) is 4.79 Å². The zero-order valence-electron chi connectivity index (χ0n) is 5.22. The molecule has 0 aliphatic carbocycles. The van der Waals surface area contributed by atoms with Crippen molar-refractivity contribution < 1.29 is 4.79 Å². The fraction of sp³-hybridized carbons (Fsp3) is 0.200. The van der Waals surface area contributed by atoms with E-state index < -0.39 is 0 Å². The number of nitrogen functional groups attached to an aromatic ring is 1. The molecule has 0 saturated carbocycles. The molecule has 0 fully saturated rings. The van der Waals surface area contributed by atoms with Gasteiger partial charge < -0.3 is 5.73 Å². The SMILES string of the molecule is CC(=O)c1sc(Cl)nc1N. The van der Waals surface area contributed by atoms with Crippen LogP contribution in [-0.4, -0.2) is 10.8 Å². The van der Waals surface area contributed by atoms with Crippen LogP contribution in [0.3, 0.4) is 0 Å². The molecule has 54 valence electrons. The summed E-state index contributed by atoms with van der Waals surface area (Å²) in [5.74, 6) is 0.129. The topological polar surface area (TPSA) is 56.0 Å². The van der Waals surface area contributed by atoms with Crippen molar-refractivity contribution in [3.63, 3.8) is 0 Å². The highest BCUT2D eigenvalue weighted by molar-refractivity contribution is 7.18. The predicted molar refractivity (Wildman–Crippen MR) is 41.5 cm³/mol. The summed E-state index contributed by atoms with van der Waals surface area (Å²) in [5, 5.41) is 0. The number of nitrogens with two attached hydrogens (primary N) is 1. The molecule has 0 atom stereocenters. The van der Waals surface area contributed by atoms with Crippen molar-refractivity contribution in [3.05, 3.63) is 9.34 Å². The average molecular weight is 177 g/mol. The molecule has 0 aromatic carbocycles. The minimum Gasteiger partial charge on any atom is -0.382 e. The van der Waals surface area contributed by atoms with Crippen molar-refractivity contribution in [2.45, 2.75) is 6.92 Å². The molecule has 3 nitrogen and oxygen atoms in total. The molecule has 10 heavy (non-hydrogen) atoms. The van der Waals surface area contributed by atoms with E-state index in [0.29, 0.717) is 9.34 Å². The fourth-order valence-corrected chi connectivity index (χ4v) is 1.49. The Balaban J connectivity index is 3.15. The van der Waals surface area contributed by atoms with E-state index in [4.69, 9.17) is 17.3 Å². The summed E-state index contributed by atoms with van der Waals surface area (Å²) in [7, 11) is 0. The number of aromatic nitrogens is 1. The number of halogens is 1. The van der Waals surface area contributed by atoms with Gasteiger partial charge in [-0.05, 0) is 0 Å². The number of Topliss-reactive ketones (excluding diaryl/α,β-unsaturated/α-hetero) is 1. The number of hydrogen-bond acceptors (Lipinski definition) is 4. The molecule has 0 unspecified atom stereocenters. The van der Waals surface area contributed by atoms with Gasteiger partial charge in [0.25, 0.3) is 0 Å². The van der Waals surface area contributed by atoms with E-state index in [-0.39, 0.29) is 11.6 Å². The van der Waals surface area contributed by atoms with E-state index in [2.05, 4.69) is 4.98 Å². The van der Waals surface area contributed by atoms with E-state index in [9.17, 15) is 4.79 Å². The van der Waals surface area contributed by atoms with Gasteiger partial charge in [-0.2, -0.15) is 0 Å². The molecule has 0 aliphatic heterocycles. The Kier molecular flexibility index (Phi) is 1.92. The lowest BCUT2D eigenvalue weighted by Crippen LogP contribution is -1.94. The van der Waals surface area contributed by atoms with Crippen LogP contribution in [0.1, 0.15) is 16.6 Å². The predicted octanol–water partition coefficient (Wildman–Crippen LogP) is 1.58. The summed E-state index contributed by atoms with van der Waals surface area (Å²) in [6.45, 7) is 1.43. The standard InChI is InChI=1S/C5H5ClN2OS/c1-2(9)3-4(7)8-5(6)10-3/h7H2,1H3. The Morgan fingerprint density at radius 3 is 2.60 bits per heavy atom. The maximum Gasteiger partial charge on any atom is 0.186 e. The summed E-state index contributed by atoms with van der Waals surface area (Å²) in [4.78, 5) is 14.8. The highest BCUT2D eigenvalue weighted by Crippen LogP contribution is 2.24. The number of rotatable bonds is 1. The van der Waals surface area contributed by atoms with Crippen LogP contribution >= 0.6 is 22.9 Å². The van der Waals surface area contributed by atoms with Crippen molar-refractivity contribution in [1.29, 1.82) is 0 Å². The number of carbonyl (C=O) groups is 1. The molecule has 0 bridgehead atoms. The number of thiazole rings is 1. The summed E-state index contributed by atoms with van der Waals surface area (Å²) in [6.07, 6.45) is 0. The highest BCUT2D eigenvalue weighted by Gasteiger charge is 2.09. The van der Waals surface area contributed by atoms with Crippen LogP contribution in [0.25, 0.3) is 0 Å². The first-order valence-electron chi connectivity index (χ1n) is 2.54. The van der Waals surface area contributed by atoms with Gasteiger partial charge in [0.1, 0.15) is 10.7 Å². The number of ketones is 1. The van der Waals surface area contributed by atoms with Crippen molar-refractivity contribution in [2.24, 2.45) is 0 Å². The average Bonchev–Trinajstić information content (AvgIpc) is 2.10. The lowest BCUT2D eigenvalue weighted by molar-refractivity contribution is 0.102. The van der Waals surface area contributed by atoms with Crippen molar-refractivity contribution in [2.75, 3.05) is 5.73 Å². The summed E-state index contributed by atoms with van der Waals surface area (Å²) in [6, 6.07) is 0. The molecule has 0 aliphatic rings. The van der Waals surface area contributed by atoms with Crippen LogP contribution in [0.2, 0.25) is 4.47 Å². The molecule has 0 spiro atoms. The van der Waals surface area contributed by atoms with Crippen LogP contribution in [0.15, 0.2) is 0 Å². The maximum atomic E-state index is 10.7. The Labute approximate surface area is 66.8 Å². The first kappa shape index (κ1) is 7.50. The van der Waals surface area contributed by atoms with Crippen LogP contribution in [-0.2, 0) is 0 Å². The zero-order chi connectivity index (χ0) is 7.72. The number of hydrogen-bond donors (Lipinski definition) is 1. The minimum atomic E-state index is -0.0955. The van der Waals surface area contributed by atoms with Gasteiger partial charge >= 0.3 is 0 Å². The third-order valence-electron chi connectivity index (χ3n) is 0.947. The summed E-state index contributed by atoms with van der Waals surface area (Å²) in [5.41, 5.74) is 5.34. The van der Waals surface area contributed by atoms with Gasteiger partial charge in [0.15, 0.2) is 10.3 Å². The largest absolute Gasteiger partial charge is 0.382 e. The second kappa shape index (κ2) is 2.56. The van der Waals surface area contributed by atoms with Crippen LogP contribution in [0.4, 0.5) is 5.82 Å². The summed E-state index contributed by atoms with van der Waals surface area (Å²) < 4.78 is 0.308. The third kappa shape index (κ3) is 1.27. The molecule has 1 aromatic rings. The molecular weight excluding hydrogens is 172 g/mol. The lowest BCUT2D eigenvalue weighted by atomic mass is 10.4. The van der Waals surface area contributed by atoms with Gasteiger partial charge in [-0.25, -0.2) is 4.98 Å². The van der Waals surface area contributed by atoms with E-state index in [1.807, 2.05) is 0 Å². The van der Waals surface area contributed by atoms with E-state index in [1.54, 1.807) is 0 Å². The fourth-order valence-electron chi connectivity index (χ4n) is 0.557. The normalized spacial score (nSPS) is 9.80. The van der Waals surface area contributed by atoms with Gasteiger partial charge in [-0.1, -0.05) is 22.9 Å². The monoisotopic (exact) mass is 176 g/mol. The molecule has 1 heterocycles. The Hall–Kier alpha value is -0.610. The molecule has 5 heteroatoms. The van der Waals surface area contributed by atoms with Gasteiger partial charge in [0.2, 0.25) is 0 Å². The first-order valence-corrected chi connectivity index (χ1v) is 3.73. The molecule has 0 radical (unpaired) electrons. The zero-order valence-corrected chi connectivity index (χ0v) is 6.79. The lowest BCUT2D eigenvalue weighted by Gasteiger charge is -1.85. The van der Waals surface area contributed by atoms with Crippen LogP contribution < -0.4 is 5.73 Å². The van der Waals surface area contributed by atoms with Crippen LogP contribution in [0, 0.1) is 0 Å². The quantitative estimate of drug-likeness (QED) is 0.661. The summed E-state index contributed by atoms with van der Waals surface area (Å²) >= 11 is 6.59. The number of anilines is 1. The van der Waals surface area contributed by atoms with Gasteiger partial charge in [-0.15, -0.1) is 0 Å². The van der Waals surface area contributed by atoms with Crippen molar-refractivity contribution in [3.8, 4) is 0 Å². The third-order valence-corrected chi connectivity index (χ3v) is 2.22. The molecule has 1 rings (SSSR count). The maximum absolute atomic E-state index is 10.7.